The smallest absolute Gasteiger partial charge is 0.128 e. The first kappa shape index (κ1) is 23.5. The summed E-state index contributed by atoms with van der Waals surface area (Å²) in [6.07, 6.45) is 8.14. The fourth-order valence-electron chi connectivity index (χ4n) is 5.38. The van der Waals surface area contributed by atoms with Crippen LogP contribution in [0.4, 0.5) is 4.39 Å². The van der Waals surface area contributed by atoms with Crippen molar-refractivity contribution in [3.05, 3.63) is 71.5 Å². The van der Waals surface area contributed by atoms with Gasteiger partial charge < -0.3 is 4.90 Å². The zero-order valence-corrected chi connectivity index (χ0v) is 19.2. The van der Waals surface area contributed by atoms with Gasteiger partial charge in [-0.25, -0.2) is 4.39 Å². The zero-order valence-electron chi connectivity index (χ0n) is 19.2. The highest BCUT2D eigenvalue weighted by Gasteiger charge is 2.43. The van der Waals surface area contributed by atoms with Crippen molar-refractivity contribution in [1.29, 1.82) is 5.26 Å². The topological polar surface area (TPSA) is 27.0 Å². The number of hydrogen-bond donors (Lipinski definition) is 0. The minimum absolute atomic E-state index is 0.224. The van der Waals surface area contributed by atoms with Crippen molar-refractivity contribution in [2.45, 2.75) is 76.7 Å². The van der Waals surface area contributed by atoms with Crippen molar-refractivity contribution in [2.24, 2.45) is 5.92 Å². The minimum atomic E-state index is -0.715. The van der Waals surface area contributed by atoms with E-state index >= 15 is 0 Å². The van der Waals surface area contributed by atoms with Crippen molar-refractivity contribution < 1.29 is 4.39 Å². The largest absolute Gasteiger partial charge is 0.300 e. The Balaban J connectivity index is 1.74. The Morgan fingerprint density at radius 1 is 1.06 bits per heavy atom. The minimum Gasteiger partial charge on any atom is -0.300 e. The molecule has 2 unspecified atom stereocenters. The van der Waals surface area contributed by atoms with E-state index in [1.54, 1.807) is 6.07 Å². The molecule has 0 heterocycles. The highest BCUT2D eigenvalue weighted by atomic mass is 19.1. The maximum absolute atomic E-state index is 14.9. The van der Waals surface area contributed by atoms with Gasteiger partial charge in [0.1, 0.15) is 5.82 Å². The van der Waals surface area contributed by atoms with Gasteiger partial charge in [0.25, 0.3) is 0 Å². The maximum atomic E-state index is 14.9. The lowest BCUT2D eigenvalue weighted by molar-refractivity contribution is 0.183. The van der Waals surface area contributed by atoms with Crippen LogP contribution in [0.1, 0.15) is 69.9 Å². The standard InChI is InChI=1S/C28H37FN2/c1-3-20-31(21-18-24-11-5-4-6-12-24)23(2)17-19-28(22-30,25-13-7-8-14-25)26-15-9-10-16-27(26)29/h4-6,9-12,15-16,23,25H,3,7-8,13-14,17-21H2,1-2H3. The molecule has 0 radical (unpaired) electrons. The van der Waals surface area contributed by atoms with Gasteiger partial charge in [0.2, 0.25) is 0 Å². The van der Waals surface area contributed by atoms with Crippen LogP contribution in [0.2, 0.25) is 0 Å². The summed E-state index contributed by atoms with van der Waals surface area (Å²) < 4.78 is 14.9. The zero-order chi connectivity index (χ0) is 22.1. The molecule has 0 spiro atoms. The van der Waals surface area contributed by atoms with Gasteiger partial charge in [-0.1, -0.05) is 68.3 Å². The van der Waals surface area contributed by atoms with Gasteiger partial charge in [0.05, 0.1) is 11.5 Å². The summed E-state index contributed by atoms with van der Waals surface area (Å²) in [5.74, 6) is 0.0311. The summed E-state index contributed by atoms with van der Waals surface area (Å²) in [6, 6.07) is 20.6. The van der Waals surface area contributed by atoms with Gasteiger partial charge in [0.15, 0.2) is 0 Å². The molecule has 0 aliphatic heterocycles. The third kappa shape index (κ3) is 5.74. The number of hydrogen-bond acceptors (Lipinski definition) is 2. The Hall–Kier alpha value is -2.18. The second kappa shape index (κ2) is 11.4. The molecule has 1 aliphatic rings. The number of rotatable bonds is 11. The first-order chi connectivity index (χ1) is 15.1. The van der Waals surface area contributed by atoms with E-state index in [1.807, 2.05) is 12.1 Å². The van der Waals surface area contributed by atoms with Crippen LogP contribution in [0.3, 0.4) is 0 Å². The first-order valence-electron chi connectivity index (χ1n) is 12.0. The average molecular weight is 421 g/mol. The van der Waals surface area contributed by atoms with E-state index in [9.17, 15) is 9.65 Å². The molecule has 0 aromatic heterocycles. The Bertz CT molecular complexity index is 838. The molecule has 0 N–H and O–H groups in total. The fraction of sp³-hybridized carbons (Fsp3) is 0.536. The molecule has 2 aromatic carbocycles. The van der Waals surface area contributed by atoms with Crippen molar-refractivity contribution in [1.82, 2.24) is 4.90 Å². The predicted molar refractivity (Wildman–Crippen MR) is 126 cm³/mol. The molecule has 0 amide bonds. The molecular weight excluding hydrogens is 383 g/mol. The normalized spacial score (nSPS) is 17.4. The number of halogens is 1. The summed E-state index contributed by atoms with van der Waals surface area (Å²) in [6.45, 7) is 6.57. The van der Waals surface area contributed by atoms with Gasteiger partial charge in [-0.05, 0) is 69.5 Å². The average Bonchev–Trinajstić information content (AvgIpc) is 3.34. The van der Waals surface area contributed by atoms with E-state index in [0.717, 1.165) is 64.5 Å². The summed E-state index contributed by atoms with van der Waals surface area (Å²) in [5, 5.41) is 10.4. The lowest BCUT2D eigenvalue weighted by Crippen LogP contribution is -2.39. The van der Waals surface area contributed by atoms with Crippen LogP contribution in [0.25, 0.3) is 0 Å². The Morgan fingerprint density at radius 3 is 2.39 bits per heavy atom. The molecule has 0 bridgehead atoms. The first-order valence-corrected chi connectivity index (χ1v) is 12.0. The van der Waals surface area contributed by atoms with Gasteiger partial charge in [-0.15, -0.1) is 0 Å². The third-order valence-corrected chi connectivity index (χ3v) is 7.23. The van der Waals surface area contributed by atoms with Crippen molar-refractivity contribution >= 4 is 0 Å². The molecule has 3 rings (SSSR count). The van der Waals surface area contributed by atoms with Gasteiger partial charge >= 0.3 is 0 Å². The summed E-state index contributed by atoms with van der Waals surface area (Å²) in [5.41, 5.74) is 1.26. The monoisotopic (exact) mass is 420 g/mol. The van der Waals surface area contributed by atoms with Crippen LogP contribution in [-0.4, -0.2) is 24.0 Å². The number of benzene rings is 2. The summed E-state index contributed by atoms with van der Waals surface area (Å²) in [4.78, 5) is 2.55. The Kier molecular flexibility index (Phi) is 8.67. The quantitative estimate of drug-likeness (QED) is 0.395. The van der Waals surface area contributed by atoms with Crippen LogP contribution in [0, 0.1) is 23.1 Å². The van der Waals surface area contributed by atoms with Crippen LogP contribution < -0.4 is 0 Å². The van der Waals surface area contributed by atoms with E-state index in [4.69, 9.17) is 0 Å². The molecule has 3 heteroatoms. The van der Waals surface area contributed by atoms with E-state index in [2.05, 4.69) is 55.1 Å². The molecule has 31 heavy (non-hydrogen) atoms. The number of nitriles is 1. The second-order valence-corrected chi connectivity index (χ2v) is 9.20. The van der Waals surface area contributed by atoms with E-state index in [0.29, 0.717) is 11.6 Å². The highest BCUT2D eigenvalue weighted by Crippen LogP contribution is 2.46. The maximum Gasteiger partial charge on any atom is 0.128 e. The molecule has 166 valence electrons. The van der Waals surface area contributed by atoms with Crippen LogP contribution in [0.5, 0.6) is 0 Å². The van der Waals surface area contributed by atoms with Gasteiger partial charge in [0, 0.05) is 18.2 Å². The SMILES string of the molecule is CCCN(CCc1ccccc1)C(C)CCC(C#N)(c1ccccc1F)C1CCCC1. The van der Waals surface area contributed by atoms with Crippen LogP contribution in [0.15, 0.2) is 54.6 Å². The Morgan fingerprint density at radius 2 is 1.74 bits per heavy atom. The summed E-state index contributed by atoms with van der Waals surface area (Å²) >= 11 is 0. The van der Waals surface area contributed by atoms with E-state index in [-0.39, 0.29) is 11.7 Å². The predicted octanol–water partition coefficient (Wildman–Crippen LogP) is 6.90. The second-order valence-electron chi connectivity index (χ2n) is 9.20. The van der Waals surface area contributed by atoms with Crippen LogP contribution in [-0.2, 0) is 11.8 Å². The highest BCUT2D eigenvalue weighted by molar-refractivity contribution is 5.35. The van der Waals surface area contributed by atoms with E-state index < -0.39 is 5.41 Å². The molecular formula is C28H37FN2. The van der Waals surface area contributed by atoms with Crippen molar-refractivity contribution in [3.63, 3.8) is 0 Å². The van der Waals surface area contributed by atoms with Crippen LogP contribution >= 0.6 is 0 Å². The molecule has 2 atom stereocenters. The van der Waals surface area contributed by atoms with Gasteiger partial charge in [-0.2, -0.15) is 5.26 Å². The molecule has 1 aliphatic carbocycles. The van der Waals surface area contributed by atoms with Gasteiger partial charge in [-0.3, -0.25) is 0 Å². The molecule has 1 saturated carbocycles. The Labute approximate surface area is 188 Å². The van der Waals surface area contributed by atoms with Crippen molar-refractivity contribution in [2.75, 3.05) is 13.1 Å². The van der Waals surface area contributed by atoms with Crippen molar-refractivity contribution in [3.8, 4) is 6.07 Å². The third-order valence-electron chi connectivity index (χ3n) is 7.23. The molecule has 0 saturated heterocycles. The number of nitrogens with zero attached hydrogens (tertiary/aromatic N) is 2. The molecule has 2 nitrogen and oxygen atoms in total. The lowest BCUT2D eigenvalue weighted by Gasteiger charge is -2.36. The summed E-state index contributed by atoms with van der Waals surface area (Å²) in [7, 11) is 0. The van der Waals surface area contributed by atoms with E-state index in [1.165, 1.54) is 11.6 Å². The molecule has 1 fully saturated rings. The fourth-order valence-corrected chi connectivity index (χ4v) is 5.38. The molecule has 2 aromatic rings. The lowest BCUT2D eigenvalue weighted by atomic mass is 9.67.